The zero-order valence-corrected chi connectivity index (χ0v) is 20.0. The van der Waals surface area contributed by atoms with Crippen LogP contribution in [-0.2, 0) is 14.8 Å². The van der Waals surface area contributed by atoms with Crippen LogP contribution in [0.25, 0.3) is 5.76 Å². The second-order valence-electron chi connectivity index (χ2n) is 8.22. The maximum atomic E-state index is 13.4. The van der Waals surface area contributed by atoms with E-state index in [4.69, 9.17) is 4.74 Å². The predicted octanol–water partition coefficient (Wildman–Crippen LogP) is 6.36. The Morgan fingerprint density at radius 2 is 1.31 bits per heavy atom. The van der Waals surface area contributed by atoms with Crippen molar-refractivity contribution in [1.29, 1.82) is 0 Å². The molecule has 5 rings (SSSR count). The summed E-state index contributed by atoms with van der Waals surface area (Å²) in [6, 6.07) is 35.3. The molecule has 6 heteroatoms. The van der Waals surface area contributed by atoms with Crippen LogP contribution in [0, 0.1) is 6.92 Å². The van der Waals surface area contributed by atoms with Crippen LogP contribution in [0.2, 0.25) is 0 Å². The molecule has 0 spiro atoms. The molecule has 5 nitrogen and oxygen atoms in total. The number of hydrogen-bond donors (Lipinski definition) is 0. The first kappa shape index (κ1) is 22.6. The number of hydrogen-bond acceptors (Lipinski definition) is 3. The molecule has 0 saturated carbocycles. The average molecular weight is 481 g/mol. The molecule has 1 aliphatic heterocycles. The summed E-state index contributed by atoms with van der Waals surface area (Å²) in [4.78, 5) is 1.92. The third-order valence-corrected chi connectivity index (χ3v) is 7.01. The van der Waals surface area contributed by atoms with Gasteiger partial charge >= 0.3 is 6.02 Å². The summed E-state index contributed by atoms with van der Waals surface area (Å²) in [6.45, 7) is 1.91. The fourth-order valence-corrected chi connectivity index (χ4v) is 4.88. The van der Waals surface area contributed by atoms with Crippen LogP contribution in [0.4, 0.5) is 5.69 Å². The Morgan fingerprint density at radius 3 is 1.94 bits per heavy atom. The van der Waals surface area contributed by atoms with Gasteiger partial charge in [-0.2, -0.15) is 8.42 Å². The first-order chi connectivity index (χ1) is 17.0. The van der Waals surface area contributed by atoms with Crippen LogP contribution in [-0.4, -0.2) is 14.4 Å². The molecular weight excluding hydrogens is 456 g/mol. The molecule has 0 fully saturated rings. The molecule has 0 bridgehead atoms. The normalized spacial score (nSPS) is 17.1. The number of sulfonamides is 1. The van der Waals surface area contributed by atoms with Gasteiger partial charge in [-0.05, 0) is 42.8 Å². The quantitative estimate of drug-likeness (QED) is 0.334. The van der Waals surface area contributed by atoms with E-state index in [-0.39, 0.29) is 17.0 Å². The van der Waals surface area contributed by atoms with E-state index in [1.165, 1.54) is 0 Å². The number of aryl methyl sites for hydroxylation is 1. The van der Waals surface area contributed by atoms with E-state index in [0.717, 1.165) is 22.4 Å². The molecule has 1 aliphatic rings. The van der Waals surface area contributed by atoms with E-state index in [1.807, 2.05) is 109 Å². The van der Waals surface area contributed by atoms with Gasteiger partial charge in [0.05, 0.1) is 10.9 Å². The summed E-state index contributed by atoms with van der Waals surface area (Å²) < 4.78 is 37.2. The fraction of sp³-hybridized carbons (Fsp3) is 0.0690. The number of benzene rings is 4. The van der Waals surface area contributed by atoms with Crippen molar-refractivity contribution in [3.8, 4) is 0 Å². The molecule has 1 atom stereocenters. The van der Waals surface area contributed by atoms with Crippen molar-refractivity contribution in [2.45, 2.75) is 17.9 Å². The highest BCUT2D eigenvalue weighted by Gasteiger charge is 2.33. The van der Waals surface area contributed by atoms with Gasteiger partial charge in [-0.25, -0.2) is 0 Å². The van der Waals surface area contributed by atoms with Crippen molar-refractivity contribution in [3.05, 3.63) is 138 Å². The van der Waals surface area contributed by atoms with E-state index < -0.39 is 10.0 Å². The Bertz CT molecular complexity index is 1470. The largest absolute Gasteiger partial charge is 0.425 e. The van der Waals surface area contributed by atoms with Crippen LogP contribution >= 0.6 is 0 Å². The monoisotopic (exact) mass is 480 g/mol. The van der Waals surface area contributed by atoms with Gasteiger partial charge in [-0.1, -0.05) is 96.6 Å². The van der Waals surface area contributed by atoms with E-state index >= 15 is 0 Å². The fourth-order valence-electron chi connectivity index (χ4n) is 3.96. The van der Waals surface area contributed by atoms with Crippen molar-refractivity contribution in [2.24, 2.45) is 4.40 Å². The first-order valence-corrected chi connectivity index (χ1v) is 12.7. The van der Waals surface area contributed by atoms with Crippen molar-refractivity contribution in [3.63, 3.8) is 0 Å². The van der Waals surface area contributed by atoms with Crippen LogP contribution in [0.3, 0.4) is 0 Å². The highest BCUT2D eigenvalue weighted by molar-refractivity contribution is 7.90. The molecular formula is C29H24N2O3S. The molecule has 174 valence electrons. The predicted molar refractivity (Wildman–Crippen MR) is 139 cm³/mol. The van der Waals surface area contributed by atoms with Gasteiger partial charge in [0.15, 0.2) is 0 Å². The Kier molecular flexibility index (Phi) is 6.21. The second kappa shape index (κ2) is 9.60. The van der Waals surface area contributed by atoms with Gasteiger partial charge in [0, 0.05) is 11.3 Å². The molecule has 1 heterocycles. The highest BCUT2D eigenvalue weighted by Crippen LogP contribution is 2.37. The number of ether oxygens (including phenoxy) is 1. The second-order valence-corrected chi connectivity index (χ2v) is 9.83. The van der Waals surface area contributed by atoms with Gasteiger partial charge in [-0.3, -0.25) is 4.90 Å². The third-order valence-electron chi connectivity index (χ3n) is 5.75. The summed E-state index contributed by atoms with van der Waals surface area (Å²) in [5.41, 5.74) is 3.55. The van der Waals surface area contributed by atoms with Gasteiger partial charge in [0.2, 0.25) is 0 Å². The minimum absolute atomic E-state index is 0.00742. The average Bonchev–Trinajstić information content (AvgIpc) is 2.90. The van der Waals surface area contributed by atoms with Crippen molar-refractivity contribution in [1.82, 2.24) is 0 Å². The lowest BCUT2D eigenvalue weighted by Crippen LogP contribution is -2.39. The number of nitrogens with zero attached hydrogens (tertiary/aromatic N) is 2. The van der Waals surface area contributed by atoms with Gasteiger partial charge in [-0.15, -0.1) is 4.40 Å². The van der Waals surface area contributed by atoms with Crippen LogP contribution in [0.5, 0.6) is 0 Å². The lowest BCUT2D eigenvalue weighted by atomic mass is 10.0. The first-order valence-electron chi connectivity index (χ1n) is 11.3. The number of rotatable bonds is 5. The minimum atomic E-state index is -4.03. The van der Waals surface area contributed by atoms with E-state index in [1.54, 1.807) is 24.3 Å². The Hall–Kier alpha value is -4.16. The van der Waals surface area contributed by atoms with E-state index in [9.17, 15) is 8.42 Å². The minimum Gasteiger partial charge on any atom is -0.425 e. The topological polar surface area (TPSA) is 59.0 Å². The summed E-state index contributed by atoms with van der Waals surface area (Å²) in [6.07, 6.45) is 2.00. The molecule has 1 unspecified atom stereocenters. The molecule has 0 saturated heterocycles. The smallest absolute Gasteiger partial charge is 0.314 e. The van der Waals surface area contributed by atoms with E-state index in [2.05, 4.69) is 4.40 Å². The standard InChI is InChI=1S/C29H24N2O3S/c1-22-17-19-26(20-18-22)35(32,33)30-29-31(25-15-9-4-10-16-25)27(23-11-5-2-6-12-23)21-28(34-29)24-13-7-3-8-14-24/h2-21,27H,1H3/b30-29+. The molecule has 35 heavy (non-hydrogen) atoms. The molecule has 0 N–H and O–H groups in total. The summed E-state index contributed by atoms with van der Waals surface area (Å²) in [5.74, 6) is 0.546. The molecule has 0 aromatic heterocycles. The van der Waals surface area contributed by atoms with Crippen molar-refractivity contribution >= 4 is 27.5 Å². The molecule has 4 aromatic rings. The van der Waals surface area contributed by atoms with Crippen LogP contribution < -0.4 is 4.90 Å². The van der Waals surface area contributed by atoms with Crippen molar-refractivity contribution < 1.29 is 13.2 Å². The summed E-state index contributed by atoms with van der Waals surface area (Å²) >= 11 is 0. The zero-order chi connectivity index (χ0) is 24.3. The third kappa shape index (κ3) is 4.88. The number of para-hydroxylation sites is 1. The van der Waals surface area contributed by atoms with Gasteiger partial charge in [0.25, 0.3) is 10.0 Å². The van der Waals surface area contributed by atoms with Gasteiger partial charge < -0.3 is 4.74 Å². The zero-order valence-electron chi connectivity index (χ0n) is 19.2. The van der Waals surface area contributed by atoms with Crippen molar-refractivity contribution in [2.75, 3.05) is 4.90 Å². The lowest BCUT2D eigenvalue weighted by molar-refractivity contribution is 0.465. The molecule has 4 aromatic carbocycles. The van der Waals surface area contributed by atoms with E-state index in [0.29, 0.717) is 5.76 Å². The maximum Gasteiger partial charge on any atom is 0.314 e. The molecule has 0 radical (unpaired) electrons. The Labute approximate surface area is 205 Å². The maximum absolute atomic E-state index is 13.4. The summed E-state index contributed by atoms with van der Waals surface area (Å²) in [7, 11) is -4.03. The number of amidine groups is 1. The lowest BCUT2D eigenvalue weighted by Gasteiger charge is -2.36. The highest BCUT2D eigenvalue weighted by atomic mass is 32.2. The van der Waals surface area contributed by atoms with Gasteiger partial charge in [0.1, 0.15) is 5.76 Å². The van der Waals surface area contributed by atoms with Crippen LogP contribution in [0.15, 0.2) is 131 Å². The number of anilines is 1. The SMILES string of the molecule is Cc1ccc(S(=O)(=O)/N=C2/OC(c3ccccc3)=CC(c3ccccc3)N2c2ccccc2)cc1. The Balaban J connectivity index is 1.71. The molecule has 0 amide bonds. The molecule has 0 aliphatic carbocycles. The summed E-state index contributed by atoms with van der Waals surface area (Å²) in [5, 5.41) is 0. The van der Waals surface area contributed by atoms with Crippen LogP contribution in [0.1, 0.15) is 22.7 Å². The Morgan fingerprint density at radius 1 is 0.743 bits per heavy atom.